The third-order valence-electron chi connectivity index (χ3n) is 3.15. The fourth-order valence-electron chi connectivity index (χ4n) is 2.16. The highest BCUT2D eigenvalue weighted by molar-refractivity contribution is 6.06. The Kier molecular flexibility index (Phi) is 5.86. The monoisotopic (exact) mass is 315 g/mol. The minimum absolute atomic E-state index is 0.242. The molecule has 1 amide bonds. The van der Waals surface area contributed by atoms with Crippen LogP contribution in [0.5, 0.6) is 17.2 Å². The lowest BCUT2D eigenvalue weighted by Crippen LogP contribution is -2.13. The molecule has 2 rings (SSSR count). The summed E-state index contributed by atoms with van der Waals surface area (Å²) >= 11 is 0. The molecule has 0 fully saturated rings. The van der Waals surface area contributed by atoms with E-state index in [1.807, 2.05) is 19.9 Å². The molecule has 0 aliphatic heterocycles. The molecule has 0 aliphatic rings. The van der Waals surface area contributed by atoms with Crippen molar-refractivity contribution in [3.63, 3.8) is 0 Å². The van der Waals surface area contributed by atoms with Gasteiger partial charge in [-0.2, -0.15) is 0 Å². The minimum atomic E-state index is -0.242. The number of amides is 1. The summed E-state index contributed by atoms with van der Waals surface area (Å²) in [5.74, 6) is 1.55. The Morgan fingerprint density at radius 1 is 0.957 bits per heavy atom. The van der Waals surface area contributed by atoms with Crippen LogP contribution in [0.3, 0.4) is 0 Å². The van der Waals surface area contributed by atoms with E-state index in [4.69, 9.17) is 14.2 Å². The molecule has 0 radical (unpaired) electrons. The van der Waals surface area contributed by atoms with Gasteiger partial charge in [0, 0.05) is 11.8 Å². The molecule has 0 heterocycles. The first-order valence-corrected chi connectivity index (χ1v) is 7.53. The summed E-state index contributed by atoms with van der Waals surface area (Å²) in [5.41, 5.74) is 1.11. The molecule has 0 aliphatic carbocycles. The van der Waals surface area contributed by atoms with Gasteiger partial charge in [-0.3, -0.25) is 4.79 Å². The topological polar surface area (TPSA) is 56.8 Å². The number of carbonyl (C=O) groups excluding carboxylic acids is 1. The molecule has 0 spiro atoms. The maximum absolute atomic E-state index is 12.4. The Morgan fingerprint density at radius 2 is 1.65 bits per heavy atom. The molecule has 0 bridgehead atoms. The number of benzene rings is 2. The van der Waals surface area contributed by atoms with Crippen LogP contribution in [0.1, 0.15) is 24.2 Å². The molecule has 5 heteroatoms. The summed E-state index contributed by atoms with van der Waals surface area (Å²) in [6.45, 7) is 4.87. The maximum atomic E-state index is 12.4. The van der Waals surface area contributed by atoms with Gasteiger partial charge in [0.15, 0.2) is 11.5 Å². The Morgan fingerprint density at radius 3 is 2.35 bits per heavy atom. The Labute approximate surface area is 136 Å². The van der Waals surface area contributed by atoms with E-state index in [0.29, 0.717) is 41.7 Å². The van der Waals surface area contributed by atoms with Gasteiger partial charge in [0.1, 0.15) is 5.75 Å². The molecular weight excluding hydrogens is 294 g/mol. The molecule has 0 saturated heterocycles. The molecular formula is C18H21NO4. The molecule has 0 unspecified atom stereocenters. The molecule has 0 atom stereocenters. The van der Waals surface area contributed by atoms with Crippen molar-refractivity contribution in [3.8, 4) is 17.2 Å². The van der Waals surface area contributed by atoms with Crippen LogP contribution in [0.15, 0.2) is 42.5 Å². The number of hydrogen-bond donors (Lipinski definition) is 1. The summed E-state index contributed by atoms with van der Waals surface area (Å²) in [5, 5.41) is 2.85. The van der Waals surface area contributed by atoms with E-state index < -0.39 is 0 Å². The molecule has 2 aromatic carbocycles. The van der Waals surface area contributed by atoms with E-state index in [1.54, 1.807) is 36.4 Å². The van der Waals surface area contributed by atoms with Crippen LogP contribution in [0.4, 0.5) is 5.69 Å². The van der Waals surface area contributed by atoms with E-state index in [2.05, 4.69) is 5.32 Å². The van der Waals surface area contributed by atoms with E-state index in [-0.39, 0.29) is 5.91 Å². The smallest absolute Gasteiger partial charge is 0.259 e. The van der Waals surface area contributed by atoms with Gasteiger partial charge in [0.25, 0.3) is 5.91 Å². The van der Waals surface area contributed by atoms with E-state index in [9.17, 15) is 4.79 Å². The molecule has 0 saturated carbocycles. The quantitative estimate of drug-likeness (QED) is 0.845. The summed E-state index contributed by atoms with van der Waals surface area (Å²) in [6, 6.07) is 12.4. The molecule has 1 N–H and O–H groups in total. The Balaban J connectivity index is 2.22. The van der Waals surface area contributed by atoms with Gasteiger partial charge in [0.05, 0.1) is 25.9 Å². The second-order valence-corrected chi connectivity index (χ2v) is 4.68. The van der Waals surface area contributed by atoms with Gasteiger partial charge >= 0.3 is 0 Å². The molecule has 23 heavy (non-hydrogen) atoms. The first-order chi connectivity index (χ1) is 11.2. The van der Waals surface area contributed by atoms with Crippen molar-refractivity contribution in [2.24, 2.45) is 0 Å². The Hall–Kier alpha value is -2.69. The average Bonchev–Trinajstić information content (AvgIpc) is 2.57. The van der Waals surface area contributed by atoms with Gasteiger partial charge in [-0.05, 0) is 38.1 Å². The van der Waals surface area contributed by atoms with Crippen molar-refractivity contribution in [2.75, 3.05) is 25.6 Å². The van der Waals surface area contributed by atoms with Gasteiger partial charge in [0.2, 0.25) is 0 Å². The van der Waals surface area contributed by atoms with E-state index >= 15 is 0 Å². The van der Waals surface area contributed by atoms with Crippen LogP contribution in [0, 0.1) is 0 Å². The largest absolute Gasteiger partial charge is 0.496 e. The summed E-state index contributed by atoms with van der Waals surface area (Å²) in [4.78, 5) is 12.4. The van der Waals surface area contributed by atoms with Crippen molar-refractivity contribution in [2.45, 2.75) is 13.8 Å². The molecule has 122 valence electrons. The SMILES string of the molecule is CCOc1ccc(NC(=O)c2ccccc2OC)cc1OCC. The standard InChI is InChI=1S/C18H21NO4/c1-4-22-16-11-10-13(12-17(16)23-5-2)19-18(20)14-8-6-7-9-15(14)21-3/h6-12H,4-5H2,1-3H3,(H,19,20). The van der Waals surface area contributed by atoms with Crippen LogP contribution < -0.4 is 19.5 Å². The highest BCUT2D eigenvalue weighted by Crippen LogP contribution is 2.31. The van der Waals surface area contributed by atoms with E-state index in [0.717, 1.165) is 0 Å². The highest BCUT2D eigenvalue weighted by Gasteiger charge is 2.13. The fraction of sp³-hybridized carbons (Fsp3) is 0.278. The maximum Gasteiger partial charge on any atom is 0.259 e. The number of methoxy groups -OCH3 is 1. The second kappa shape index (κ2) is 8.08. The van der Waals surface area contributed by atoms with Crippen molar-refractivity contribution < 1.29 is 19.0 Å². The Bertz CT molecular complexity index is 670. The van der Waals surface area contributed by atoms with Crippen molar-refractivity contribution >= 4 is 11.6 Å². The van der Waals surface area contributed by atoms with Gasteiger partial charge < -0.3 is 19.5 Å². The van der Waals surface area contributed by atoms with E-state index in [1.165, 1.54) is 7.11 Å². The highest BCUT2D eigenvalue weighted by atomic mass is 16.5. The van der Waals surface area contributed by atoms with Gasteiger partial charge in [-0.1, -0.05) is 12.1 Å². The predicted molar refractivity (Wildman–Crippen MR) is 89.7 cm³/mol. The van der Waals surface area contributed by atoms with Crippen LogP contribution in [0.25, 0.3) is 0 Å². The number of para-hydroxylation sites is 1. The number of ether oxygens (including phenoxy) is 3. The lowest BCUT2D eigenvalue weighted by Gasteiger charge is -2.13. The third-order valence-corrected chi connectivity index (χ3v) is 3.15. The predicted octanol–water partition coefficient (Wildman–Crippen LogP) is 3.74. The molecule has 2 aromatic rings. The van der Waals surface area contributed by atoms with Crippen LogP contribution in [0.2, 0.25) is 0 Å². The summed E-state index contributed by atoms with van der Waals surface area (Å²) in [7, 11) is 1.54. The van der Waals surface area contributed by atoms with Crippen molar-refractivity contribution in [1.29, 1.82) is 0 Å². The lowest BCUT2D eigenvalue weighted by atomic mass is 10.2. The fourth-order valence-corrected chi connectivity index (χ4v) is 2.16. The summed E-state index contributed by atoms with van der Waals surface area (Å²) in [6.07, 6.45) is 0. The zero-order valence-corrected chi connectivity index (χ0v) is 13.6. The number of rotatable bonds is 7. The van der Waals surface area contributed by atoms with Crippen molar-refractivity contribution in [1.82, 2.24) is 0 Å². The number of hydrogen-bond acceptors (Lipinski definition) is 4. The minimum Gasteiger partial charge on any atom is -0.496 e. The lowest BCUT2D eigenvalue weighted by molar-refractivity contribution is 0.102. The van der Waals surface area contributed by atoms with Crippen LogP contribution in [-0.4, -0.2) is 26.2 Å². The van der Waals surface area contributed by atoms with Crippen molar-refractivity contribution in [3.05, 3.63) is 48.0 Å². The molecule has 0 aromatic heterocycles. The third kappa shape index (κ3) is 4.16. The first-order valence-electron chi connectivity index (χ1n) is 7.53. The van der Waals surface area contributed by atoms with Gasteiger partial charge in [-0.15, -0.1) is 0 Å². The van der Waals surface area contributed by atoms with Gasteiger partial charge in [-0.25, -0.2) is 0 Å². The average molecular weight is 315 g/mol. The number of nitrogens with one attached hydrogen (secondary N) is 1. The second-order valence-electron chi connectivity index (χ2n) is 4.68. The van der Waals surface area contributed by atoms with Crippen LogP contribution in [-0.2, 0) is 0 Å². The zero-order chi connectivity index (χ0) is 16.7. The first kappa shape index (κ1) is 16.7. The normalized spacial score (nSPS) is 10.0. The molecule has 5 nitrogen and oxygen atoms in total. The number of carbonyl (C=O) groups is 1. The zero-order valence-electron chi connectivity index (χ0n) is 13.6. The number of anilines is 1. The van der Waals surface area contributed by atoms with Crippen LogP contribution >= 0.6 is 0 Å². The summed E-state index contributed by atoms with van der Waals surface area (Å²) < 4.78 is 16.3.